The van der Waals surface area contributed by atoms with E-state index in [0.29, 0.717) is 18.0 Å². The summed E-state index contributed by atoms with van der Waals surface area (Å²) in [6.45, 7) is 4.22. The molecule has 8 heteroatoms. The van der Waals surface area contributed by atoms with Crippen LogP contribution in [0.2, 0.25) is 0 Å². The highest BCUT2D eigenvalue weighted by molar-refractivity contribution is 5.47. The van der Waals surface area contributed by atoms with Gasteiger partial charge in [0.15, 0.2) is 17.3 Å². The van der Waals surface area contributed by atoms with Gasteiger partial charge in [-0.05, 0) is 45.8 Å². The van der Waals surface area contributed by atoms with Crippen molar-refractivity contribution in [3.8, 4) is 11.5 Å². The SMILES string of the molecule is COc1ccc([C@@H](c2nnnn2Cc2ccccc2)N2CCN(c3ccccc3)CC2)cc1OC. The number of methoxy groups -OCH3 is 2. The Morgan fingerprint density at radius 1 is 0.800 bits per heavy atom. The molecule has 1 aliphatic rings. The summed E-state index contributed by atoms with van der Waals surface area (Å²) in [6.07, 6.45) is 0. The van der Waals surface area contributed by atoms with Gasteiger partial charge in [0.2, 0.25) is 0 Å². The first-order valence-corrected chi connectivity index (χ1v) is 11.8. The third-order valence-electron chi connectivity index (χ3n) is 6.50. The van der Waals surface area contributed by atoms with Crippen molar-refractivity contribution in [2.24, 2.45) is 0 Å². The van der Waals surface area contributed by atoms with Crippen LogP contribution in [-0.4, -0.2) is 65.5 Å². The van der Waals surface area contributed by atoms with Crippen molar-refractivity contribution >= 4 is 5.69 Å². The van der Waals surface area contributed by atoms with Crippen LogP contribution in [0.1, 0.15) is 23.0 Å². The van der Waals surface area contributed by atoms with Crippen molar-refractivity contribution in [3.05, 3.63) is 95.8 Å². The minimum absolute atomic E-state index is 0.119. The van der Waals surface area contributed by atoms with Crippen LogP contribution in [0.25, 0.3) is 0 Å². The number of nitrogens with zero attached hydrogens (tertiary/aromatic N) is 6. The number of rotatable bonds is 8. The van der Waals surface area contributed by atoms with E-state index in [1.54, 1.807) is 14.2 Å². The molecule has 1 atom stereocenters. The standard InChI is InChI=1S/C27H30N6O2/c1-34-24-14-13-22(19-25(24)35-2)26(27-28-29-30-33(27)20-21-9-5-3-6-10-21)32-17-15-31(16-18-32)23-11-7-4-8-12-23/h3-14,19,26H,15-18,20H2,1-2H3/t26-/m0/s1. The van der Waals surface area contributed by atoms with Gasteiger partial charge in [-0.1, -0.05) is 54.6 Å². The van der Waals surface area contributed by atoms with Gasteiger partial charge in [-0.25, -0.2) is 4.68 Å². The van der Waals surface area contributed by atoms with Gasteiger partial charge in [0.1, 0.15) is 0 Å². The predicted octanol–water partition coefficient (Wildman–Crippen LogP) is 3.65. The summed E-state index contributed by atoms with van der Waals surface area (Å²) in [5.74, 6) is 2.21. The van der Waals surface area contributed by atoms with Crippen molar-refractivity contribution < 1.29 is 9.47 Å². The molecule has 2 heterocycles. The molecule has 0 bridgehead atoms. The fourth-order valence-electron chi connectivity index (χ4n) is 4.70. The highest BCUT2D eigenvalue weighted by atomic mass is 16.5. The summed E-state index contributed by atoms with van der Waals surface area (Å²) < 4.78 is 13.0. The van der Waals surface area contributed by atoms with Gasteiger partial charge >= 0.3 is 0 Å². The molecule has 0 unspecified atom stereocenters. The summed E-state index contributed by atoms with van der Waals surface area (Å²) in [6, 6.07) is 26.8. The van der Waals surface area contributed by atoms with Crippen molar-refractivity contribution in [1.29, 1.82) is 0 Å². The first-order valence-electron chi connectivity index (χ1n) is 11.8. The van der Waals surface area contributed by atoms with E-state index in [1.807, 2.05) is 35.0 Å². The largest absolute Gasteiger partial charge is 0.493 e. The number of ether oxygens (including phenoxy) is 2. The molecule has 0 amide bonds. The molecule has 0 aliphatic carbocycles. The quantitative estimate of drug-likeness (QED) is 0.389. The smallest absolute Gasteiger partial charge is 0.173 e. The van der Waals surface area contributed by atoms with Crippen LogP contribution in [0.15, 0.2) is 78.9 Å². The maximum absolute atomic E-state index is 5.62. The van der Waals surface area contributed by atoms with Gasteiger partial charge < -0.3 is 14.4 Å². The normalized spacial score (nSPS) is 15.1. The monoisotopic (exact) mass is 470 g/mol. The zero-order valence-corrected chi connectivity index (χ0v) is 20.1. The third kappa shape index (κ3) is 4.97. The Hall–Kier alpha value is -3.91. The Morgan fingerprint density at radius 2 is 1.49 bits per heavy atom. The van der Waals surface area contributed by atoms with E-state index in [1.165, 1.54) is 5.69 Å². The second-order valence-electron chi connectivity index (χ2n) is 8.56. The fraction of sp³-hybridized carbons (Fsp3) is 0.296. The molecule has 35 heavy (non-hydrogen) atoms. The number of benzene rings is 3. The maximum atomic E-state index is 5.62. The van der Waals surface area contributed by atoms with Crippen LogP contribution in [0.4, 0.5) is 5.69 Å². The Labute approximate surface area is 205 Å². The summed E-state index contributed by atoms with van der Waals surface area (Å²) in [5, 5.41) is 12.9. The lowest BCUT2D eigenvalue weighted by Gasteiger charge is -2.40. The van der Waals surface area contributed by atoms with E-state index in [0.717, 1.165) is 43.1 Å². The fourth-order valence-corrected chi connectivity index (χ4v) is 4.70. The first-order chi connectivity index (χ1) is 17.3. The zero-order chi connectivity index (χ0) is 24.0. The molecule has 180 valence electrons. The van der Waals surface area contributed by atoms with E-state index < -0.39 is 0 Å². The highest BCUT2D eigenvalue weighted by Gasteiger charge is 2.31. The lowest BCUT2D eigenvalue weighted by Crippen LogP contribution is -2.48. The van der Waals surface area contributed by atoms with Gasteiger partial charge in [-0.3, -0.25) is 4.90 Å². The van der Waals surface area contributed by atoms with Crippen molar-refractivity contribution in [2.45, 2.75) is 12.6 Å². The van der Waals surface area contributed by atoms with Crippen LogP contribution in [0.3, 0.4) is 0 Å². The molecule has 0 radical (unpaired) electrons. The molecule has 1 fully saturated rings. The molecule has 0 saturated carbocycles. The molecule has 0 N–H and O–H groups in total. The predicted molar refractivity (Wildman–Crippen MR) is 135 cm³/mol. The van der Waals surface area contributed by atoms with E-state index in [9.17, 15) is 0 Å². The minimum atomic E-state index is -0.119. The van der Waals surface area contributed by atoms with Gasteiger partial charge in [0, 0.05) is 31.9 Å². The third-order valence-corrected chi connectivity index (χ3v) is 6.50. The maximum Gasteiger partial charge on any atom is 0.173 e. The summed E-state index contributed by atoms with van der Waals surface area (Å²) in [5.41, 5.74) is 3.48. The average Bonchev–Trinajstić information content (AvgIpc) is 3.37. The number of piperazine rings is 1. The van der Waals surface area contributed by atoms with E-state index in [4.69, 9.17) is 9.47 Å². The Kier molecular flexibility index (Phi) is 6.90. The van der Waals surface area contributed by atoms with E-state index >= 15 is 0 Å². The van der Waals surface area contributed by atoms with Gasteiger partial charge in [-0.15, -0.1) is 5.10 Å². The second-order valence-corrected chi connectivity index (χ2v) is 8.56. The molecule has 0 spiro atoms. The number of anilines is 1. The second kappa shape index (κ2) is 10.6. The van der Waals surface area contributed by atoms with E-state index in [2.05, 4.69) is 73.9 Å². The molecular formula is C27H30N6O2. The van der Waals surface area contributed by atoms with Crippen LogP contribution >= 0.6 is 0 Å². The molecule has 1 aromatic heterocycles. The van der Waals surface area contributed by atoms with Gasteiger partial charge in [-0.2, -0.15) is 0 Å². The first kappa shape index (κ1) is 22.9. The summed E-state index contributed by atoms with van der Waals surface area (Å²) in [4.78, 5) is 4.88. The van der Waals surface area contributed by atoms with Crippen molar-refractivity contribution in [1.82, 2.24) is 25.1 Å². The molecular weight excluding hydrogens is 440 g/mol. The van der Waals surface area contributed by atoms with Gasteiger partial charge in [0.05, 0.1) is 26.8 Å². The van der Waals surface area contributed by atoms with Crippen LogP contribution in [0, 0.1) is 0 Å². The minimum Gasteiger partial charge on any atom is -0.493 e. The zero-order valence-electron chi connectivity index (χ0n) is 20.1. The van der Waals surface area contributed by atoms with Crippen molar-refractivity contribution in [2.75, 3.05) is 45.3 Å². The number of para-hydroxylation sites is 1. The molecule has 1 aliphatic heterocycles. The topological polar surface area (TPSA) is 68.5 Å². The van der Waals surface area contributed by atoms with Crippen LogP contribution in [-0.2, 0) is 6.54 Å². The van der Waals surface area contributed by atoms with E-state index in [-0.39, 0.29) is 6.04 Å². The lowest BCUT2D eigenvalue weighted by atomic mass is 10.0. The summed E-state index contributed by atoms with van der Waals surface area (Å²) in [7, 11) is 3.31. The summed E-state index contributed by atoms with van der Waals surface area (Å²) >= 11 is 0. The van der Waals surface area contributed by atoms with Crippen LogP contribution < -0.4 is 14.4 Å². The molecule has 3 aromatic carbocycles. The number of hydrogen-bond donors (Lipinski definition) is 0. The molecule has 4 aromatic rings. The number of hydrogen-bond acceptors (Lipinski definition) is 7. The average molecular weight is 471 g/mol. The Morgan fingerprint density at radius 3 is 2.17 bits per heavy atom. The number of tetrazole rings is 1. The van der Waals surface area contributed by atoms with Gasteiger partial charge in [0.25, 0.3) is 0 Å². The van der Waals surface area contributed by atoms with Crippen molar-refractivity contribution in [3.63, 3.8) is 0 Å². The molecule has 1 saturated heterocycles. The Bertz CT molecular complexity index is 1220. The Balaban J connectivity index is 1.47. The van der Waals surface area contributed by atoms with Crippen LogP contribution in [0.5, 0.6) is 11.5 Å². The molecule has 5 rings (SSSR count). The number of aromatic nitrogens is 4. The molecule has 8 nitrogen and oxygen atoms in total. The highest BCUT2D eigenvalue weighted by Crippen LogP contribution is 2.35. The lowest BCUT2D eigenvalue weighted by molar-refractivity contribution is 0.201.